The van der Waals surface area contributed by atoms with Gasteiger partial charge in [0.25, 0.3) is 0 Å². The minimum absolute atomic E-state index is 0. The van der Waals surface area contributed by atoms with Gasteiger partial charge in [-0.15, -0.1) is 24.0 Å². The third-order valence-electron chi connectivity index (χ3n) is 4.15. The molecule has 2 aliphatic carbocycles. The third kappa shape index (κ3) is 4.43. The summed E-state index contributed by atoms with van der Waals surface area (Å²) in [6, 6.07) is 4.44. The number of benzene rings is 1. The van der Waals surface area contributed by atoms with Gasteiger partial charge < -0.3 is 10.6 Å². The molecule has 0 radical (unpaired) electrons. The average Bonchev–Trinajstić information content (AvgIpc) is 3.01. The van der Waals surface area contributed by atoms with E-state index in [1.807, 2.05) is 6.92 Å². The fraction of sp³-hybridized carbons (Fsp3) is 0.471. The van der Waals surface area contributed by atoms with E-state index in [-0.39, 0.29) is 41.5 Å². The highest BCUT2D eigenvalue weighted by molar-refractivity contribution is 14.0. The second-order valence-electron chi connectivity index (χ2n) is 5.84. The number of hydrogen-bond donors (Lipinski definition) is 2. The maximum atomic E-state index is 13.8. The van der Waals surface area contributed by atoms with Crippen molar-refractivity contribution >= 4 is 29.9 Å². The van der Waals surface area contributed by atoms with Gasteiger partial charge in [0.05, 0.1) is 0 Å². The molecule has 23 heavy (non-hydrogen) atoms. The second-order valence-corrected chi connectivity index (χ2v) is 5.84. The van der Waals surface area contributed by atoms with E-state index in [2.05, 4.69) is 27.8 Å². The molecule has 1 fully saturated rings. The van der Waals surface area contributed by atoms with Crippen LogP contribution in [0.1, 0.15) is 37.7 Å². The van der Waals surface area contributed by atoms with E-state index in [0.29, 0.717) is 12.6 Å². The molecule has 2 atom stereocenters. The molecular formula is C17H22F2IN3. The minimum Gasteiger partial charge on any atom is -0.353 e. The first-order chi connectivity index (χ1) is 10.7. The Bertz CT molecular complexity index is 575. The Morgan fingerprint density at radius 3 is 2.43 bits per heavy atom. The zero-order chi connectivity index (χ0) is 15.5. The van der Waals surface area contributed by atoms with Crippen LogP contribution in [0.4, 0.5) is 8.78 Å². The highest BCUT2D eigenvalue weighted by atomic mass is 127. The van der Waals surface area contributed by atoms with Crippen molar-refractivity contribution in [2.45, 2.75) is 44.2 Å². The summed E-state index contributed by atoms with van der Waals surface area (Å²) >= 11 is 0. The average molecular weight is 433 g/mol. The van der Waals surface area contributed by atoms with E-state index < -0.39 is 11.6 Å². The first-order valence-corrected chi connectivity index (χ1v) is 7.85. The van der Waals surface area contributed by atoms with Crippen molar-refractivity contribution in [2.75, 3.05) is 6.54 Å². The van der Waals surface area contributed by atoms with Crippen LogP contribution >= 0.6 is 24.0 Å². The Labute approximate surface area is 152 Å². The van der Waals surface area contributed by atoms with Crippen molar-refractivity contribution in [3.05, 3.63) is 47.5 Å². The van der Waals surface area contributed by atoms with Crippen molar-refractivity contribution in [1.82, 2.24) is 10.6 Å². The molecule has 1 saturated carbocycles. The molecule has 0 heterocycles. The molecule has 0 amide bonds. The number of rotatable bonds is 4. The van der Waals surface area contributed by atoms with Crippen molar-refractivity contribution in [1.29, 1.82) is 0 Å². The highest BCUT2D eigenvalue weighted by Gasteiger charge is 2.42. The maximum Gasteiger partial charge on any atom is 0.191 e. The molecule has 0 saturated heterocycles. The van der Waals surface area contributed by atoms with Gasteiger partial charge in [-0.05, 0) is 38.3 Å². The van der Waals surface area contributed by atoms with Crippen LogP contribution in [-0.2, 0) is 0 Å². The lowest BCUT2D eigenvalue weighted by molar-refractivity contribution is 0.553. The molecule has 1 aromatic carbocycles. The summed E-state index contributed by atoms with van der Waals surface area (Å²) in [4.78, 5) is 4.42. The van der Waals surface area contributed by atoms with Crippen LogP contribution in [-0.4, -0.2) is 24.6 Å². The van der Waals surface area contributed by atoms with E-state index in [1.165, 1.54) is 18.2 Å². The largest absolute Gasteiger partial charge is 0.353 e. The van der Waals surface area contributed by atoms with Crippen molar-refractivity contribution < 1.29 is 8.78 Å². The maximum absolute atomic E-state index is 13.8. The molecule has 3 nitrogen and oxygen atoms in total. The van der Waals surface area contributed by atoms with Crippen LogP contribution in [0.15, 0.2) is 35.3 Å². The van der Waals surface area contributed by atoms with Crippen LogP contribution in [0.25, 0.3) is 0 Å². The second kappa shape index (κ2) is 8.08. The number of nitrogens with one attached hydrogen (secondary N) is 2. The zero-order valence-electron chi connectivity index (χ0n) is 13.1. The normalized spacial score (nSPS) is 23.5. The fourth-order valence-electron chi connectivity index (χ4n) is 2.93. The predicted molar refractivity (Wildman–Crippen MR) is 99.3 cm³/mol. The summed E-state index contributed by atoms with van der Waals surface area (Å²) < 4.78 is 27.6. The lowest BCUT2D eigenvalue weighted by Crippen LogP contribution is -2.43. The lowest BCUT2D eigenvalue weighted by atomic mass is 10.1. The summed E-state index contributed by atoms with van der Waals surface area (Å²) in [5.74, 6) is -0.306. The van der Waals surface area contributed by atoms with Gasteiger partial charge >= 0.3 is 0 Å². The van der Waals surface area contributed by atoms with Gasteiger partial charge in [0, 0.05) is 30.1 Å². The molecule has 0 bridgehead atoms. The molecule has 1 aromatic rings. The van der Waals surface area contributed by atoms with Crippen LogP contribution < -0.4 is 10.6 Å². The first-order valence-electron chi connectivity index (χ1n) is 7.85. The van der Waals surface area contributed by atoms with Crippen LogP contribution in [0.2, 0.25) is 0 Å². The van der Waals surface area contributed by atoms with Gasteiger partial charge in [-0.3, -0.25) is 4.99 Å². The van der Waals surface area contributed by atoms with Crippen LogP contribution in [0.3, 0.4) is 0 Å². The van der Waals surface area contributed by atoms with Crippen LogP contribution in [0.5, 0.6) is 0 Å². The molecule has 2 N–H and O–H groups in total. The quantitative estimate of drug-likeness (QED) is 0.329. The Balaban J connectivity index is 0.00000192. The number of nitrogens with zero attached hydrogens (tertiary/aromatic N) is 1. The predicted octanol–water partition coefficient (Wildman–Crippen LogP) is 3.71. The van der Waals surface area contributed by atoms with E-state index in [4.69, 9.17) is 0 Å². The van der Waals surface area contributed by atoms with E-state index in [0.717, 1.165) is 25.2 Å². The molecule has 2 aliphatic rings. The smallest absolute Gasteiger partial charge is 0.191 e. The SMILES string of the molecule is CCN=C(NC1CC=CC1)NC1CC1c1c(F)cccc1F.I. The van der Waals surface area contributed by atoms with E-state index in [9.17, 15) is 8.78 Å². The number of guanidine groups is 1. The number of hydrogen-bond acceptors (Lipinski definition) is 1. The summed E-state index contributed by atoms with van der Waals surface area (Å²) in [7, 11) is 0. The lowest BCUT2D eigenvalue weighted by Gasteiger charge is -2.17. The monoisotopic (exact) mass is 433 g/mol. The Morgan fingerprint density at radius 2 is 1.83 bits per heavy atom. The van der Waals surface area contributed by atoms with Crippen LogP contribution in [0, 0.1) is 11.6 Å². The van der Waals surface area contributed by atoms with Gasteiger partial charge in [-0.25, -0.2) is 8.78 Å². The molecule has 0 aliphatic heterocycles. The fourth-order valence-corrected chi connectivity index (χ4v) is 2.93. The standard InChI is InChI=1S/C17H21F2N3.HI/c1-2-20-17(21-11-6-3-4-7-11)22-15-10-12(15)16-13(18)8-5-9-14(16)19;/h3-5,8-9,11-12,15H,2,6-7,10H2,1H3,(H2,20,21,22);1H. The Morgan fingerprint density at radius 1 is 1.17 bits per heavy atom. The van der Waals surface area contributed by atoms with Gasteiger partial charge in [0.1, 0.15) is 11.6 Å². The summed E-state index contributed by atoms with van der Waals surface area (Å²) in [5, 5.41) is 6.68. The summed E-state index contributed by atoms with van der Waals surface area (Å²) in [6.45, 7) is 2.64. The van der Waals surface area contributed by atoms with E-state index >= 15 is 0 Å². The van der Waals surface area contributed by atoms with Crippen molar-refractivity contribution in [3.63, 3.8) is 0 Å². The molecule has 126 valence electrons. The molecule has 0 spiro atoms. The highest BCUT2D eigenvalue weighted by Crippen LogP contribution is 2.43. The molecular weight excluding hydrogens is 411 g/mol. The Kier molecular flexibility index (Phi) is 6.38. The van der Waals surface area contributed by atoms with Gasteiger partial charge in [0.2, 0.25) is 0 Å². The van der Waals surface area contributed by atoms with Crippen molar-refractivity contribution in [3.8, 4) is 0 Å². The number of halogens is 3. The number of aliphatic imine (C=N–C) groups is 1. The van der Waals surface area contributed by atoms with Gasteiger partial charge in [0.15, 0.2) is 5.96 Å². The third-order valence-corrected chi connectivity index (χ3v) is 4.15. The van der Waals surface area contributed by atoms with Crippen molar-refractivity contribution in [2.24, 2.45) is 4.99 Å². The Hall–Kier alpha value is -1.18. The minimum atomic E-state index is -0.462. The summed E-state index contributed by atoms with van der Waals surface area (Å²) in [5.41, 5.74) is 0.193. The first kappa shape index (κ1) is 18.2. The topological polar surface area (TPSA) is 36.4 Å². The molecule has 2 unspecified atom stereocenters. The molecule has 3 rings (SSSR count). The summed E-state index contributed by atoms with van der Waals surface area (Å²) in [6.07, 6.45) is 7.00. The molecule has 6 heteroatoms. The van der Waals surface area contributed by atoms with E-state index in [1.54, 1.807) is 0 Å². The van der Waals surface area contributed by atoms with Gasteiger partial charge in [-0.2, -0.15) is 0 Å². The van der Waals surface area contributed by atoms with Gasteiger partial charge in [-0.1, -0.05) is 18.2 Å². The zero-order valence-corrected chi connectivity index (χ0v) is 15.4. The molecule has 0 aromatic heterocycles.